The number of hydrogen-bond acceptors (Lipinski definition) is 3. The first-order valence-electron chi connectivity index (χ1n) is 7.35. The molecule has 0 aliphatic heterocycles. The van der Waals surface area contributed by atoms with Gasteiger partial charge in [-0.05, 0) is 19.0 Å². The lowest BCUT2D eigenvalue weighted by atomic mass is 10.0. The molecule has 0 aliphatic rings. The van der Waals surface area contributed by atoms with Gasteiger partial charge in [0.15, 0.2) is 0 Å². The van der Waals surface area contributed by atoms with Crippen molar-refractivity contribution in [3.8, 4) is 0 Å². The Morgan fingerprint density at radius 2 is 1.86 bits per heavy atom. The lowest BCUT2D eigenvalue weighted by molar-refractivity contribution is -0.122. The van der Waals surface area contributed by atoms with E-state index in [1.54, 1.807) is 0 Å². The highest BCUT2D eigenvalue weighted by atomic mass is 16.2. The summed E-state index contributed by atoms with van der Waals surface area (Å²) < 4.78 is 0. The van der Waals surface area contributed by atoms with Crippen LogP contribution in [0.15, 0.2) is 30.3 Å². The van der Waals surface area contributed by atoms with Gasteiger partial charge in [0.25, 0.3) is 0 Å². The molecular weight excluding hydrogens is 266 g/mol. The van der Waals surface area contributed by atoms with E-state index in [0.29, 0.717) is 6.54 Å². The minimum absolute atomic E-state index is 0.0673. The summed E-state index contributed by atoms with van der Waals surface area (Å²) in [6.07, 6.45) is 0.239. The van der Waals surface area contributed by atoms with Gasteiger partial charge in [-0.1, -0.05) is 37.3 Å². The zero-order valence-electron chi connectivity index (χ0n) is 13.0. The van der Waals surface area contributed by atoms with Gasteiger partial charge < -0.3 is 16.0 Å². The SMILES string of the molecule is CCN[C@H](C)CNC(=O)CC(NC(C)=O)c1ccccc1. The summed E-state index contributed by atoms with van der Waals surface area (Å²) in [6.45, 7) is 6.96. The Balaban J connectivity index is 2.56. The lowest BCUT2D eigenvalue weighted by Gasteiger charge is -2.19. The molecule has 0 aromatic heterocycles. The van der Waals surface area contributed by atoms with Gasteiger partial charge in [-0.3, -0.25) is 9.59 Å². The second-order valence-corrected chi connectivity index (χ2v) is 5.13. The minimum atomic E-state index is -0.293. The van der Waals surface area contributed by atoms with Crippen molar-refractivity contribution in [1.29, 1.82) is 0 Å². The number of carbonyl (C=O) groups is 2. The molecule has 3 N–H and O–H groups in total. The second-order valence-electron chi connectivity index (χ2n) is 5.13. The molecular formula is C16H25N3O2. The Labute approximate surface area is 126 Å². The normalized spacial score (nSPS) is 13.3. The largest absolute Gasteiger partial charge is 0.354 e. The third kappa shape index (κ3) is 6.90. The van der Waals surface area contributed by atoms with Gasteiger partial charge in [-0.2, -0.15) is 0 Å². The van der Waals surface area contributed by atoms with Crippen LogP contribution in [0.4, 0.5) is 0 Å². The van der Waals surface area contributed by atoms with Crippen molar-refractivity contribution in [1.82, 2.24) is 16.0 Å². The molecule has 5 nitrogen and oxygen atoms in total. The van der Waals surface area contributed by atoms with Crippen LogP contribution in [-0.2, 0) is 9.59 Å². The summed E-state index contributed by atoms with van der Waals surface area (Å²) in [6, 6.07) is 9.47. The Kier molecular flexibility index (Phi) is 7.46. The van der Waals surface area contributed by atoms with Gasteiger partial charge in [0, 0.05) is 19.5 Å². The van der Waals surface area contributed by atoms with Crippen LogP contribution in [0, 0.1) is 0 Å². The van der Waals surface area contributed by atoms with E-state index in [2.05, 4.69) is 16.0 Å². The molecule has 0 aliphatic carbocycles. The average Bonchev–Trinajstić information content (AvgIpc) is 2.45. The molecule has 0 saturated carbocycles. The van der Waals surface area contributed by atoms with Gasteiger partial charge in [0.05, 0.1) is 12.5 Å². The van der Waals surface area contributed by atoms with Crippen molar-refractivity contribution in [3.63, 3.8) is 0 Å². The summed E-state index contributed by atoms with van der Waals surface area (Å²) in [7, 11) is 0. The summed E-state index contributed by atoms with van der Waals surface area (Å²) in [5, 5.41) is 8.95. The van der Waals surface area contributed by atoms with Crippen LogP contribution in [0.2, 0.25) is 0 Å². The summed E-state index contributed by atoms with van der Waals surface area (Å²) in [4.78, 5) is 23.3. The molecule has 0 fully saturated rings. The molecule has 0 spiro atoms. The number of likely N-dealkylation sites (N-methyl/N-ethyl adjacent to an activating group) is 1. The highest BCUT2D eigenvalue weighted by Crippen LogP contribution is 2.16. The van der Waals surface area contributed by atoms with Gasteiger partial charge in [-0.25, -0.2) is 0 Å². The molecule has 1 aromatic rings. The Bertz CT molecular complexity index is 448. The van der Waals surface area contributed by atoms with Crippen molar-refractivity contribution in [2.75, 3.05) is 13.1 Å². The Morgan fingerprint density at radius 1 is 1.19 bits per heavy atom. The topological polar surface area (TPSA) is 70.2 Å². The maximum atomic E-state index is 12.0. The summed E-state index contributed by atoms with van der Waals surface area (Å²) >= 11 is 0. The van der Waals surface area contributed by atoms with E-state index >= 15 is 0 Å². The smallest absolute Gasteiger partial charge is 0.222 e. The van der Waals surface area contributed by atoms with Crippen molar-refractivity contribution in [2.24, 2.45) is 0 Å². The Hall–Kier alpha value is -1.88. The second kappa shape index (κ2) is 9.13. The van der Waals surface area contributed by atoms with Crippen LogP contribution < -0.4 is 16.0 Å². The molecule has 21 heavy (non-hydrogen) atoms. The van der Waals surface area contributed by atoms with Crippen molar-refractivity contribution >= 4 is 11.8 Å². The number of amides is 2. The monoisotopic (exact) mass is 291 g/mol. The van der Waals surface area contributed by atoms with E-state index in [1.807, 2.05) is 44.2 Å². The number of carbonyl (C=O) groups excluding carboxylic acids is 2. The van der Waals surface area contributed by atoms with E-state index in [4.69, 9.17) is 0 Å². The molecule has 1 rings (SSSR count). The predicted octanol–water partition coefficient (Wildman–Crippen LogP) is 1.37. The van der Waals surface area contributed by atoms with Crippen molar-refractivity contribution in [2.45, 2.75) is 39.3 Å². The van der Waals surface area contributed by atoms with E-state index in [-0.39, 0.29) is 30.3 Å². The zero-order chi connectivity index (χ0) is 15.7. The third-order valence-corrected chi connectivity index (χ3v) is 3.13. The zero-order valence-corrected chi connectivity index (χ0v) is 13.0. The molecule has 1 unspecified atom stereocenters. The number of hydrogen-bond donors (Lipinski definition) is 3. The van der Waals surface area contributed by atoms with Crippen LogP contribution in [0.1, 0.15) is 38.8 Å². The highest BCUT2D eigenvalue weighted by Gasteiger charge is 2.17. The molecule has 0 radical (unpaired) electrons. The maximum Gasteiger partial charge on any atom is 0.222 e. The predicted molar refractivity (Wildman–Crippen MR) is 83.8 cm³/mol. The van der Waals surface area contributed by atoms with Crippen LogP contribution in [0.3, 0.4) is 0 Å². The van der Waals surface area contributed by atoms with E-state index < -0.39 is 0 Å². The Morgan fingerprint density at radius 3 is 2.43 bits per heavy atom. The molecule has 0 bridgehead atoms. The van der Waals surface area contributed by atoms with E-state index in [0.717, 1.165) is 12.1 Å². The fourth-order valence-corrected chi connectivity index (χ4v) is 2.13. The van der Waals surface area contributed by atoms with Gasteiger partial charge >= 0.3 is 0 Å². The summed E-state index contributed by atoms with van der Waals surface area (Å²) in [5.41, 5.74) is 0.933. The highest BCUT2D eigenvalue weighted by molar-refractivity contribution is 5.79. The fourth-order valence-electron chi connectivity index (χ4n) is 2.13. The van der Waals surface area contributed by atoms with Crippen molar-refractivity contribution < 1.29 is 9.59 Å². The molecule has 116 valence electrons. The maximum absolute atomic E-state index is 12.0. The molecule has 0 heterocycles. The van der Waals surface area contributed by atoms with E-state index in [9.17, 15) is 9.59 Å². The fraction of sp³-hybridized carbons (Fsp3) is 0.500. The first-order chi connectivity index (χ1) is 10.0. The standard InChI is InChI=1S/C16H25N3O2/c1-4-17-12(2)11-18-16(21)10-15(19-13(3)20)14-8-6-5-7-9-14/h5-9,12,15,17H,4,10-11H2,1-3H3,(H,18,21)(H,19,20)/t12-,15?/m1/s1. The van der Waals surface area contributed by atoms with Crippen LogP contribution in [0.5, 0.6) is 0 Å². The van der Waals surface area contributed by atoms with Gasteiger partial charge in [-0.15, -0.1) is 0 Å². The van der Waals surface area contributed by atoms with Gasteiger partial charge in [0.2, 0.25) is 11.8 Å². The quantitative estimate of drug-likeness (QED) is 0.677. The van der Waals surface area contributed by atoms with Crippen LogP contribution in [0.25, 0.3) is 0 Å². The van der Waals surface area contributed by atoms with Crippen LogP contribution >= 0.6 is 0 Å². The molecule has 2 atom stereocenters. The number of benzene rings is 1. The summed E-state index contributed by atoms with van der Waals surface area (Å²) in [5.74, 6) is -0.208. The van der Waals surface area contributed by atoms with Crippen molar-refractivity contribution in [3.05, 3.63) is 35.9 Å². The molecule has 2 amide bonds. The molecule has 1 aromatic carbocycles. The third-order valence-electron chi connectivity index (χ3n) is 3.13. The first kappa shape index (κ1) is 17.2. The average molecular weight is 291 g/mol. The first-order valence-corrected chi connectivity index (χ1v) is 7.35. The lowest BCUT2D eigenvalue weighted by Crippen LogP contribution is -2.40. The molecule has 0 saturated heterocycles. The number of rotatable bonds is 8. The molecule has 5 heteroatoms. The van der Waals surface area contributed by atoms with Crippen LogP contribution in [-0.4, -0.2) is 30.9 Å². The van der Waals surface area contributed by atoms with E-state index in [1.165, 1.54) is 6.92 Å². The minimum Gasteiger partial charge on any atom is -0.354 e. The number of nitrogens with one attached hydrogen (secondary N) is 3. The van der Waals surface area contributed by atoms with Gasteiger partial charge in [0.1, 0.15) is 0 Å².